The molecule has 0 unspecified atom stereocenters. The quantitative estimate of drug-likeness (QED) is 0.563. The minimum atomic E-state index is 0.201. The smallest absolute Gasteiger partial charge is 0.324 e. The molecule has 106 valence electrons. The lowest BCUT2D eigenvalue weighted by molar-refractivity contribution is 0.0480. The molecule has 0 aliphatic carbocycles. The molecule has 0 radical (unpaired) electrons. The van der Waals surface area contributed by atoms with E-state index in [4.69, 9.17) is 20.1 Å². The Labute approximate surface area is 111 Å². The predicted octanol–water partition coefficient (Wildman–Crippen LogP) is 0.361. The highest BCUT2D eigenvalue weighted by Crippen LogP contribution is 2.17. The molecule has 1 aromatic rings. The zero-order chi connectivity index (χ0) is 13.5. The van der Waals surface area contributed by atoms with E-state index in [9.17, 15) is 0 Å². The Morgan fingerprint density at radius 1 is 1.21 bits per heavy atom. The van der Waals surface area contributed by atoms with Gasteiger partial charge in [0.25, 0.3) is 0 Å². The number of hydrogen-bond donors (Lipinski definition) is 2. The minimum Gasteiger partial charge on any atom is -0.464 e. The molecule has 19 heavy (non-hydrogen) atoms. The fourth-order valence-electron chi connectivity index (χ4n) is 1.77. The molecular formula is C11H19N5O3. The van der Waals surface area contributed by atoms with E-state index in [-0.39, 0.29) is 18.0 Å². The van der Waals surface area contributed by atoms with Crippen LogP contribution in [0.4, 0.5) is 5.95 Å². The third-order valence-corrected chi connectivity index (χ3v) is 2.79. The number of nitrogens with two attached hydrogens (primary N) is 1. The molecule has 8 heteroatoms. The molecule has 0 amide bonds. The molecule has 0 saturated carbocycles. The van der Waals surface area contributed by atoms with Gasteiger partial charge in [-0.2, -0.15) is 9.97 Å². The first-order valence-electron chi connectivity index (χ1n) is 6.38. The van der Waals surface area contributed by atoms with E-state index in [0.29, 0.717) is 19.1 Å². The lowest BCUT2D eigenvalue weighted by atomic mass is 10.0. The van der Waals surface area contributed by atoms with Crippen LogP contribution in [0.5, 0.6) is 12.0 Å². The summed E-state index contributed by atoms with van der Waals surface area (Å²) in [5, 5.41) is 0. The van der Waals surface area contributed by atoms with Gasteiger partial charge in [-0.25, -0.2) is 5.84 Å². The molecule has 1 aromatic heterocycles. The molecule has 0 bridgehead atoms. The van der Waals surface area contributed by atoms with E-state index in [2.05, 4.69) is 20.4 Å². The van der Waals surface area contributed by atoms with Crippen molar-refractivity contribution in [2.75, 3.05) is 31.9 Å². The van der Waals surface area contributed by atoms with Crippen LogP contribution in [-0.4, -0.2) is 41.4 Å². The van der Waals surface area contributed by atoms with Gasteiger partial charge in [0.1, 0.15) is 0 Å². The number of anilines is 1. The third-order valence-electron chi connectivity index (χ3n) is 2.79. The standard InChI is InChI=1S/C11H19N5O3/c1-2-18-10-13-9(16-12)14-11(15-10)19-7-8-3-5-17-6-4-8/h8H,2-7,12H2,1H3,(H,13,14,15,16). The molecule has 1 saturated heterocycles. The van der Waals surface area contributed by atoms with E-state index in [1.807, 2.05) is 6.92 Å². The molecule has 0 atom stereocenters. The number of nitrogens with zero attached hydrogens (tertiary/aromatic N) is 3. The Bertz CT molecular complexity index is 398. The van der Waals surface area contributed by atoms with Crippen LogP contribution in [0.25, 0.3) is 0 Å². The molecule has 3 N–H and O–H groups in total. The van der Waals surface area contributed by atoms with Crippen molar-refractivity contribution in [3.8, 4) is 12.0 Å². The van der Waals surface area contributed by atoms with E-state index in [0.717, 1.165) is 26.1 Å². The zero-order valence-electron chi connectivity index (χ0n) is 11.0. The highest BCUT2D eigenvalue weighted by molar-refractivity contribution is 5.25. The van der Waals surface area contributed by atoms with Crippen molar-refractivity contribution >= 4 is 5.95 Å². The largest absolute Gasteiger partial charge is 0.464 e. The van der Waals surface area contributed by atoms with E-state index in [1.165, 1.54) is 0 Å². The molecule has 0 aromatic carbocycles. The van der Waals surface area contributed by atoms with Gasteiger partial charge in [-0.15, -0.1) is 4.98 Å². The maximum atomic E-state index is 5.58. The molecular weight excluding hydrogens is 250 g/mol. The van der Waals surface area contributed by atoms with Gasteiger partial charge in [0, 0.05) is 13.2 Å². The molecule has 0 spiro atoms. The fourth-order valence-corrected chi connectivity index (χ4v) is 1.77. The summed E-state index contributed by atoms with van der Waals surface area (Å²) in [7, 11) is 0. The topological polar surface area (TPSA) is 104 Å². The zero-order valence-corrected chi connectivity index (χ0v) is 11.0. The average Bonchev–Trinajstić information content (AvgIpc) is 2.46. The van der Waals surface area contributed by atoms with Crippen LogP contribution in [0.2, 0.25) is 0 Å². The second kappa shape index (κ2) is 7.05. The van der Waals surface area contributed by atoms with Gasteiger partial charge in [0.05, 0.1) is 13.2 Å². The van der Waals surface area contributed by atoms with Crippen LogP contribution in [0.1, 0.15) is 19.8 Å². The molecule has 8 nitrogen and oxygen atoms in total. The van der Waals surface area contributed by atoms with Crippen molar-refractivity contribution in [3.63, 3.8) is 0 Å². The van der Waals surface area contributed by atoms with Crippen LogP contribution in [0.3, 0.4) is 0 Å². The highest BCUT2D eigenvalue weighted by atomic mass is 16.5. The SMILES string of the molecule is CCOc1nc(NN)nc(OCC2CCOCC2)n1. The summed E-state index contributed by atoms with van der Waals surface area (Å²) in [5.41, 5.74) is 2.36. The van der Waals surface area contributed by atoms with Crippen molar-refractivity contribution in [2.24, 2.45) is 11.8 Å². The van der Waals surface area contributed by atoms with E-state index in [1.54, 1.807) is 0 Å². The minimum absolute atomic E-state index is 0.201. The second-order valence-corrected chi connectivity index (χ2v) is 4.17. The first kappa shape index (κ1) is 13.8. The Morgan fingerprint density at radius 3 is 2.53 bits per heavy atom. The number of aromatic nitrogens is 3. The van der Waals surface area contributed by atoms with Crippen molar-refractivity contribution in [1.82, 2.24) is 15.0 Å². The van der Waals surface area contributed by atoms with Crippen molar-refractivity contribution < 1.29 is 14.2 Å². The van der Waals surface area contributed by atoms with Crippen LogP contribution < -0.4 is 20.7 Å². The summed E-state index contributed by atoms with van der Waals surface area (Å²) in [6.45, 7) is 4.44. The summed E-state index contributed by atoms with van der Waals surface area (Å²) in [6, 6.07) is 0.422. The number of hydrogen-bond acceptors (Lipinski definition) is 8. The van der Waals surface area contributed by atoms with Gasteiger partial charge >= 0.3 is 12.0 Å². The molecule has 1 aliphatic heterocycles. The molecule has 1 aliphatic rings. The maximum Gasteiger partial charge on any atom is 0.324 e. The van der Waals surface area contributed by atoms with Crippen LogP contribution in [0.15, 0.2) is 0 Å². The fraction of sp³-hybridized carbons (Fsp3) is 0.727. The van der Waals surface area contributed by atoms with Gasteiger partial charge in [-0.3, -0.25) is 5.43 Å². The Hall–Kier alpha value is -1.67. The van der Waals surface area contributed by atoms with Crippen molar-refractivity contribution in [3.05, 3.63) is 0 Å². The van der Waals surface area contributed by atoms with Gasteiger partial charge in [0.2, 0.25) is 5.95 Å². The van der Waals surface area contributed by atoms with Crippen molar-refractivity contribution in [1.29, 1.82) is 0 Å². The van der Waals surface area contributed by atoms with Gasteiger partial charge < -0.3 is 14.2 Å². The van der Waals surface area contributed by atoms with Crippen molar-refractivity contribution in [2.45, 2.75) is 19.8 Å². The summed E-state index contributed by atoms with van der Waals surface area (Å²) < 4.78 is 16.1. The van der Waals surface area contributed by atoms with E-state index >= 15 is 0 Å². The normalized spacial score (nSPS) is 16.1. The molecule has 1 fully saturated rings. The van der Waals surface area contributed by atoms with Gasteiger partial charge in [-0.1, -0.05) is 0 Å². The first-order valence-corrected chi connectivity index (χ1v) is 6.38. The van der Waals surface area contributed by atoms with Gasteiger partial charge in [0.15, 0.2) is 0 Å². The highest BCUT2D eigenvalue weighted by Gasteiger charge is 2.16. The Balaban J connectivity index is 1.95. The van der Waals surface area contributed by atoms with Crippen LogP contribution in [-0.2, 0) is 4.74 Å². The second-order valence-electron chi connectivity index (χ2n) is 4.17. The number of rotatable bonds is 6. The summed E-state index contributed by atoms with van der Waals surface area (Å²) in [6.07, 6.45) is 1.98. The predicted molar refractivity (Wildman–Crippen MR) is 67.8 cm³/mol. The third kappa shape index (κ3) is 4.18. The number of hydrazine groups is 1. The lowest BCUT2D eigenvalue weighted by Crippen LogP contribution is -2.22. The monoisotopic (exact) mass is 269 g/mol. The number of nitrogen functional groups attached to an aromatic ring is 1. The summed E-state index contributed by atoms with van der Waals surface area (Å²) in [5.74, 6) is 5.98. The average molecular weight is 269 g/mol. The molecule has 2 rings (SSSR count). The number of ether oxygens (including phenoxy) is 3. The Morgan fingerprint density at radius 2 is 1.89 bits per heavy atom. The van der Waals surface area contributed by atoms with Gasteiger partial charge in [-0.05, 0) is 25.7 Å². The van der Waals surface area contributed by atoms with Crippen LogP contribution >= 0.6 is 0 Å². The first-order chi connectivity index (χ1) is 9.31. The maximum absolute atomic E-state index is 5.58. The van der Waals surface area contributed by atoms with E-state index < -0.39 is 0 Å². The Kier molecular flexibility index (Phi) is 5.10. The summed E-state index contributed by atoms with van der Waals surface area (Å²) >= 11 is 0. The molecule has 2 heterocycles. The number of nitrogens with one attached hydrogen (secondary N) is 1. The summed E-state index contributed by atoms with van der Waals surface area (Å²) in [4.78, 5) is 12.0. The lowest BCUT2D eigenvalue weighted by Gasteiger charge is -2.21. The van der Waals surface area contributed by atoms with Crippen LogP contribution in [0, 0.1) is 5.92 Å².